The van der Waals surface area contributed by atoms with Gasteiger partial charge < -0.3 is 10.2 Å². The molecule has 0 bridgehead atoms. The molecule has 0 fully saturated rings. The molecule has 2 heterocycles. The summed E-state index contributed by atoms with van der Waals surface area (Å²) in [7, 11) is 0. The predicted molar refractivity (Wildman–Crippen MR) is 67.8 cm³/mol. The highest BCUT2D eigenvalue weighted by molar-refractivity contribution is 7.11. The molecular weight excluding hydrogens is 218 g/mol. The molecule has 0 aliphatic rings. The maximum atomic E-state index is 6.10. The van der Waals surface area contributed by atoms with E-state index in [-0.39, 0.29) is 6.04 Å². The van der Waals surface area contributed by atoms with Gasteiger partial charge in [-0.2, -0.15) is 0 Å². The van der Waals surface area contributed by atoms with Crippen molar-refractivity contribution >= 4 is 11.3 Å². The Morgan fingerprint density at radius 1 is 1.25 bits per heavy atom. The van der Waals surface area contributed by atoms with Crippen LogP contribution in [0.3, 0.4) is 0 Å². The lowest BCUT2D eigenvalue weighted by Gasteiger charge is -2.06. The topological polar surface area (TPSA) is 39.2 Å². The van der Waals surface area contributed by atoms with Crippen molar-refractivity contribution < 1.29 is 4.42 Å². The van der Waals surface area contributed by atoms with E-state index in [0.717, 1.165) is 24.4 Å². The standard InChI is InChI=1S/C13H17NOS/c1-3-10-5-6-11(16-10)8-12(14)13-7-4-9(2)15-13/h4-7,12H,3,8,14H2,1-2H3. The second-order valence-corrected chi connectivity index (χ2v) is 5.23. The molecule has 0 aromatic carbocycles. The van der Waals surface area contributed by atoms with Gasteiger partial charge in [0.25, 0.3) is 0 Å². The van der Waals surface area contributed by atoms with Crippen LogP contribution in [0.15, 0.2) is 28.7 Å². The van der Waals surface area contributed by atoms with E-state index in [9.17, 15) is 0 Å². The summed E-state index contributed by atoms with van der Waals surface area (Å²) in [4.78, 5) is 2.75. The number of nitrogens with two attached hydrogens (primary N) is 1. The quantitative estimate of drug-likeness (QED) is 0.881. The lowest BCUT2D eigenvalue weighted by molar-refractivity contribution is 0.446. The van der Waals surface area contributed by atoms with Crippen LogP contribution in [-0.4, -0.2) is 0 Å². The number of hydrogen-bond acceptors (Lipinski definition) is 3. The van der Waals surface area contributed by atoms with Crippen LogP contribution in [0.1, 0.15) is 34.2 Å². The summed E-state index contributed by atoms with van der Waals surface area (Å²) in [6.07, 6.45) is 1.96. The van der Waals surface area contributed by atoms with Gasteiger partial charge in [-0.1, -0.05) is 6.92 Å². The largest absolute Gasteiger partial charge is 0.465 e. The lowest BCUT2D eigenvalue weighted by Crippen LogP contribution is -2.11. The number of rotatable bonds is 4. The predicted octanol–water partition coefficient (Wildman–Crippen LogP) is 3.45. The van der Waals surface area contributed by atoms with Crippen LogP contribution in [0.25, 0.3) is 0 Å². The molecule has 16 heavy (non-hydrogen) atoms. The van der Waals surface area contributed by atoms with Crippen molar-refractivity contribution in [2.75, 3.05) is 0 Å². The Morgan fingerprint density at radius 2 is 2.00 bits per heavy atom. The minimum Gasteiger partial charge on any atom is -0.465 e. The molecule has 2 rings (SSSR count). The molecule has 86 valence electrons. The fraction of sp³-hybridized carbons (Fsp3) is 0.385. The zero-order valence-electron chi connectivity index (χ0n) is 9.69. The van der Waals surface area contributed by atoms with Gasteiger partial charge in [0.15, 0.2) is 0 Å². The summed E-state index contributed by atoms with van der Waals surface area (Å²) in [6, 6.07) is 8.24. The van der Waals surface area contributed by atoms with Crippen molar-refractivity contribution in [3.05, 3.63) is 45.5 Å². The van der Waals surface area contributed by atoms with E-state index in [1.807, 2.05) is 30.4 Å². The van der Waals surface area contributed by atoms with Crippen molar-refractivity contribution in [2.24, 2.45) is 5.73 Å². The van der Waals surface area contributed by atoms with E-state index in [1.54, 1.807) is 0 Å². The number of hydrogen-bond donors (Lipinski definition) is 1. The number of furan rings is 1. The summed E-state index contributed by atoms with van der Waals surface area (Å²) >= 11 is 1.84. The molecule has 0 aliphatic heterocycles. The van der Waals surface area contributed by atoms with Crippen LogP contribution in [0, 0.1) is 6.92 Å². The van der Waals surface area contributed by atoms with Gasteiger partial charge in [-0.15, -0.1) is 11.3 Å². The first kappa shape index (κ1) is 11.4. The molecule has 0 radical (unpaired) electrons. The van der Waals surface area contributed by atoms with E-state index >= 15 is 0 Å². The molecule has 1 atom stereocenters. The maximum Gasteiger partial charge on any atom is 0.121 e. The van der Waals surface area contributed by atoms with Crippen LogP contribution >= 0.6 is 11.3 Å². The smallest absolute Gasteiger partial charge is 0.121 e. The molecule has 2 aromatic rings. The molecule has 2 N–H and O–H groups in total. The Labute approximate surface area is 100 Å². The van der Waals surface area contributed by atoms with Crippen LogP contribution in [0.4, 0.5) is 0 Å². The SMILES string of the molecule is CCc1ccc(CC(N)c2ccc(C)o2)s1. The van der Waals surface area contributed by atoms with Crippen LogP contribution in [0.2, 0.25) is 0 Å². The highest BCUT2D eigenvalue weighted by atomic mass is 32.1. The average molecular weight is 235 g/mol. The first-order chi connectivity index (χ1) is 7.69. The Morgan fingerprint density at radius 3 is 2.56 bits per heavy atom. The molecule has 2 nitrogen and oxygen atoms in total. The molecule has 0 saturated carbocycles. The Bertz CT molecular complexity index is 458. The molecule has 1 unspecified atom stereocenters. The van der Waals surface area contributed by atoms with E-state index in [1.165, 1.54) is 9.75 Å². The minimum atomic E-state index is -0.0305. The van der Waals surface area contributed by atoms with Gasteiger partial charge in [0.05, 0.1) is 6.04 Å². The number of aryl methyl sites for hydroxylation is 2. The molecule has 0 saturated heterocycles. The monoisotopic (exact) mass is 235 g/mol. The molecule has 0 aliphatic carbocycles. The Hall–Kier alpha value is -1.06. The fourth-order valence-corrected chi connectivity index (χ4v) is 2.71. The van der Waals surface area contributed by atoms with E-state index in [0.29, 0.717) is 0 Å². The second-order valence-electron chi connectivity index (χ2n) is 3.98. The summed E-state index contributed by atoms with van der Waals surface area (Å²) in [5.74, 6) is 1.80. The third-order valence-electron chi connectivity index (χ3n) is 2.61. The van der Waals surface area contributed by atoms with Gasteiger partial charge >= 0.3 is 0 Å². The first-order valence-corrected chi connectivity index (χ1v) is 6.40. The van der Waals surface area contributed by atoms with Gasteiger partial charge in [0, 0.05) is 16.2 Å². The van der Waals surface area contributed by atoms with Crippen molar-refractivity contribution in [2.45, 2.75) is 32.7 Å². The zero-order valence-corrected chi connectivity index (χ0v) is 10.5. The van der Waals surface area contributed by atoms with E-state index in [4.69, 9.17) is 10.2 Å². The summed E-state index contributed by atoms with van der Waals surface area (Å²) in [5, 5.41) is 0. The summed E-state index contributed by atoms with van der Waals surface area (Å²) in [5.41, 5.74) is 6.10. The van der Waals surface area contributed by atoms with Gasteiger partial charge in [-0.25, -0.2) is 0 Å². The van der Waals surface area contributed by atoms with Gasteiger partial charge in [0.2, 0.25) is 0 Å². The van der Waals surface area contributed by atoms with Crippen molar-refractivity contribution in [3.63, 3.8) is 0 Å². The minimum absolute atomic E-state index is 0.0305. The highest BCUT2D eigenvalue weighted by Crippen LogP contribution is 2.23. The summed E-state index contributed by atoms with van der Waals surface area (Å²) in [6.45, 7) is 4.11. The lowest BCUT2D eigenvalue weighted by atomic mass is 10.1. The van der Waals surface area contributed by atoms with Crippen LogP contribution < -0.4 is 5.73 Å². The van der Waals surface area contributed by atoms with Gasteiger partial charge in [0.1, 0.15) is 11.5 Å². The third-order valence-corrected chi connectivity index (χ3v) is 3.87. The molecule has 0 amide bonds. The van der Waals surface area contributed by atoms with Crippen LogP contribution in [-0.2, 0) is 12.8 Å². The highest BCUT2D eigenvalue weighted by Gasteiger charge is 2.12. The van der Waals surface area contributed by atoms with E-state index in [2.05, 4.69) is 19.1 Å². The molecule has 0 spiro atoms. The van der Waals surface area contributed by atoms with Crippen molar-refractivity contribution in [1.29, 1.82) is 0 Å². The number of thiophene rings is 1. The molecule has 2 aromatic heterocycles. The first-order valence-electron chi connectivity index (χ1n) is 5.58. The third kappa shape index (κ3) is 2.54. The van der Waals surface area contributed by atoms with Crippen molar-refractivity contribution in [3.8, 4) is 0 Å². The second kappa shape index (κ2) is 4.85. The van der Waals surface area contributed by atoms with Gasteiger partial charge in [-0.05, 0) is 37.6 Å². The Balaban J connectivity index is 2.04. The van der Waals surface area contributed by atoms with Crippen molar-refractivity contribution in [1.82, 2.24) is 0 Å². The molecule has 3 heteroatoms. The average Bonchev–Trinajstić information content (AvgIpc) is 2.87. The van der Waals surface area contributed by atoms with Gasteiger partial charge in [-0.3, -0.25) is 0 Å². The Kier molecular flexibility index (Phi) is 3.46. The summed E-state index contributed by atoms with van der Waals surface area (Å²) < 4.78 is 5.53. The normalized spacial score (nSPS) is 12.9. The molecular formula is C13H17NOS. The maximum absolute atomic E-state index is 6.10. The van der Waals surface area contributed by atoms with E-state index < -0.39 is 0 Å². The fourth-order valence-electron chi connectivity index (χ4n) is 1.69. The van der Waals surface area contributed by atoms with Crippen LogP contribution in [0.5, 0.6) is 0 Å². The zero-order chi connectivity index (χ0) is 11.5.